The lowest BCUT2D eigenvalue weighted by atomic mass is 9.95. The number of ketones is 1. The van der Waals surface area contributed by atoms with Gasteiger partial charge in [0.05, 0.1) is 13.2 Å². The van der Waals surface area contributed by atoms with Crippen molar-refractivity contribution in [2.24, 2.45) is 0 Å². The molecule has 1 unspecified atom stereocenters. The van der Waals surface area contributed by atoms with E-state index >= 15 is 0 Å². The molecule has 0 saturated carbocycles. The van der Waals surface area contributed by atoms with Gasteiger partial charge in [-0.25, -0.2) is 0 Å². The molecular weight excluding hydrogens is 462 g/mol. The van der Waals surface area contributed by atoms with E-state index in [0.717, 1.165) is 40.7 Å². The van der Waals surface area contributed by atoms with Crippen LogP contribution in [0.5, 0.6) is 5.75 Å². The number of carbonyl (C=O) groups is 2. The number of fused-ring (bicyclic) bond motifs is 1. The minimum Gasteiger partial charge on any atom is -0.497 e. The van der Waals surface area contributed by atoms with E-state index in [-0.39, 0.29) is 11.7 Å². The number of aryl methyl sites for hydroxylation is 1. The van der Waals surface area contributed by atoms with Gasteiger partial charge < -0.3 is 14.6 Å². The molecule has 1 fully saturated rings. The minimum absolute atomic E-state index is 0.0860. The lowest BCUT2D eigenvalue weighted by Gasteiger charge is -2.30. The number of rotatable bonds is 8. The van der Waals surface area contributed by atoms with E-state index in [1.807, 2.05) is 90.0 Å². The van der Waals surface area contributed by atoms with Gasteiger partial charge in [-0.1, -0.05) is 60.7 Å². The highest BCUT2D eigenvalue weighted by atomic mass is 16.5. The van der Waals surface area contributed by atoms with Crippen LogP contribution in [0, 0.1) is 0 Å². The Kier molecular flexibility index (Phi) is 7.66. The average Bonchev–Trinajstić information content (AvgIpc) is 3.23. The number of ether oxygens (including phenoxy) is 1. The van der Waals surface area contributed by atoms with E-state index in [4.69, 9.17) is 4.74 Å². The van der Waals surface area contributed by atoms with Crippen LogP contribution in [0.4, 0.5) is 0 Å². The molecule has 3 aromatic carbocycles. The molecule has 2 heterocycles. The highest BCUT2D eigenvalue weighted by Crippen LogP contribution is 2.30. The molecule has 6 nitrogen and oxygen atoms in total. The summed E-state index contributed by atoms with van der Waals surface area (Å²) in [6.07, 6.45) is 3.84. The minimum atomic E-state index is -0.394. The Balaban J connectivity index is 1.30. The first kappa shape index (κ1) is 24.8. The van der Waals surface area contributed by atoms with Gasteiger partial charge in [0.15, 0.2) is 5.78 Å². The number of nitrogens with one attached hydrogen (secondary N) is 1. The number of nitrogens with zero attached hydrogens (tertiary/aromatic N) is 2. The van der Waals surface area contributed by atoms with Crippen LogP contribution in [0.25, 0.3) is 10.9 Å². The second kappa shape index (κ2) is 11.4. The lowest BCUT2D eigenvalue weighted by Crippen LogP contribution is -2.38. The molecule has 1 aliphatic rings. The largest absolute Gasteiger partial charge is 0.497 e. The van der Waals surface area contributed by atoms with E-state index < -0.39 is 6.04 Å². The summed E-state index contributed by atoms with van der Waals surface area (Å²) in [5.41, 5.74) is 3.78. The first-order valence-electron chi connectivity index (χ1n) is 12.9. The Morgan fingerprint density at radius 2 is 1.65 bits per heavy atom. The van der Waals surface area contributed by atoms with Gasteiger partial charge in [-0.2, -0.15) is 0 Å². The summed E-state index contributed by atoms with van der Waals surface area (Å²) < 4.78 is 5.22. The molecule has 1 aromatic heterocycles. The highest BCUT2D eigenvalue weighted by Gasteiger charge is 2.32. The van der Waals surface area contributed by atoms with Crippen molar-refractivity contribution in [3.05, 3.63) is 102 Å². The topological polar surface area (TPSA) is 65.6 Å². The molecule has 190 valence electrons. The van der Waals surface area contributed by atoms with Crippen LogP contribution in [-0.4, -0.2) is 59.8 Å². The number of aromatic nitrogens is 1. The third-order valence-corrected chi connectivity index (χ3v) is 7.25. The van der Waals surface area contributed by atoms with Gasteiger partial charge in [0.1, 0.15) is 5.75 Å². The fourth-order valence-corrected chi connectivity index (χ4v) is 5.23. The molecule has 0 bridgehead atoms. The van der Waals surface area contributed by atoms with E-state index in [2.05, 4.69) is 9.88 Å². The van der Waals surface area contributed by atoms with Gasteiger partial charge in [-0.3, -0.25) is 14.5 Å². The number of benzene rings is 3. The number of H-pyrrole nitrogens is 1. The van der Waals surface area contributed by atoms with Gasteiger partial charge in [-0.05, 0) is 42.2 Å². The summed E-state index contributed by atoms with van der Waals surface area (Å²) in [7, 11) is 1.65. The zero-order valence-electron chi connectivity index (χ0n) is 21.2. The zero-order chi connectivity index (χ0) is 25.6. The predicted molar refractivity (Wildman–Crippen MR) is 146 cm³/mol. The Hall–Kier alpha value is -3.90. The first-order chi connectivity index (χ1) is 18.1. The predicted octanol–water partition coefficient (Wildman–Crippen LogP) is 5.27. The van der Waals surface area contributed by atoms with Gasteiger partial charge in [0, 0.05) is 55.3 Å². The summed E-state index contributed by atoms with van der Waals surface area (Å²) in [5, 5.41) is 0.943. The van der Waals surface area contributed by atoms with Gasteiger partial charge >= 0.3 is 0 Å². The molecule has 0 spiro atoms. The monoisotopic (exact) mass is 495 g/mol. The molecule has 0 aliphatic carbocycles. The zero-order valence-corrected chi connectivity index (χ0v) is 21.2. The summed E-state index contributed by atoms with van der Waals surface area (Å²) in [4.78, 5) is 34.5. The molecule has 5 rings (SSSR count). The summed E-state index contributed by atoms with van der Waals surface area (Å²) in [6.45, 7) is 2.74. The standard InChI is InChI=1S/C31H33N3O3/c1-37-25-15-12-23(13-16-25)14-17-29(35)33-18-7-19-34(21-20-33)30(24-8-3-2-4-9-24)31(36)27-22-32-28-11-6-5-10-26(27)28/h2-6,8-13,15-16,22,30,32H,7,14,17-21H2,1H3. The second-order valence-corrected chi connectivity index (χ2v) is 9.54. The number of methoxy groups -OCH3 is 1. The lowest BCUT2D eigenvalue weighted by molar-refractivity contribution is -0.131. The van der Waals surface area contributed by atoms with Crippen LogP contribution in [0.3, 0.4) is 0 Å². The number of carbonyl (C=O) groups excluding carboxylic acids is 2. The number of para-hydroxylation sites is 1. The summed E-state index contributed by atoms with van der Waals surface area (Å²) in [6, 6.07) is 25.4. The van der Waals surface area contributed by atoms with E-state index in [9.17, 15) is 9.59 Å². The number of hydrogen-bond acceptors (Lipinski definition) is 4. The van der Waals surface area contributed by atoms with Crippen LogP contribution in [0.2, 0.25) is 0 Å². The normalized spacial score (nSPS) is 15.3. The molecule has 1 aliphatic heterocycles. The first-order valence-corrected chi connectivity index (χ1v) is 12.9. The molecular formula is C31H33N3O3. The Morgan fingerprint density at radius 3 is 2.43 bits per heavy atom. The van der Waals surface area contributed by atoms with Crippen molar-refractivity contribution < 1.29 is 14.3 Å². The van der Waals surface area contributed by atoms with Gasteiger partial charge in [0.2, 0.25) is 5.91 Å². The second-order valence-electron chi connectivity index (χ2n) is 9.54. The Labute approximate surface area is 217 Å². The fourth-order valence-electron chi connectivity index (χ4n) is 5.23. The van der Waals surface area contributed by atoms with Crippen molar-refractivity contribution >= 4 is 22.6 Å². The highest BCUT2D eigenvalue weighted by molar-refractivity contribution is 6.10. The van der Waals surface area contributed by atoms with Crippen molar-refractivity contribution in [2.45, 2.75) is 25.3 Å². The number of aromatic amines is 1. The molecule has 1 saturated heterocycles. The van der Waals surface area contributed by atoms with Crippen LogP contribution in [0.15, 0.2) is 85.1 Å². The quantitative estimate of drug-likeness (QED) is 0.338. The van der Waals surface area contributed by atoms with Crippen molar-refractivity contribution in [2.75, 3.05) is 33.3 Å². The van der Waals surface area contributed by atoms with E-state index in [0.29, 0.717) is 38.0 Å². The van der Waals surface area contributed by atoms with E-state index in [1.54, 1.807) is 7.11 Å². The van der Waals surface area contributed by atoms with Crippen LogP contribution < -0.4 is 4.74 Å². The van der Waals surface area contributed by atoms with Crippen molar-refractivity contribution in [1.29, 1.82) is 0 Å². The molecule has 0 radical (unpaired) electrons. The van der Waals surface area contributed by atoms with Crippen LogP contribution in [-0.2, 0) is 11.2 Å². The molecule has 1 N–H and O–H groups in total. The number of hydrogen-bond donors (Lipinski definition) is 1. The maximum Gasteiger partial charge on any atom is 0.222 e. The third-order valence-electron chi connectivity index (χ3n) is 7.25. The smallest absolute Gasteiger partial charge is 0.222 e. The molecule has 1 atom stereocenters. The Bertz CT molecular complexity index is 1350. The van der Waals surface area contributed by atoms with Crippen molar-refractivity contribution in [3.8, 4) is 5.75 Å². The molecule has 1 amide bonds. The third kappa shape index (κ3) is 5.59. The molecule has 4 aromatic rings. The molecule has 37 heavy (non-hydrogen) atoms. The van der Waals surface area contributed by atoms with Crippen molar-refractivity contribution in [1.82, 2.24) is 14.8 Å². The average molecular weight is 496 g/mol. The SMILES string of the molecule is COc1ccc(CCC(=O)N2CCCN(C(C(=O)c3c[nH]c4ccccc34)c3ccccc3)CC2)cc1. The summed E-state index contributed by atoms with van der Waals surface area (Å²) in [5.74, 6) is 1.07. The Morgan fingerprint density at radius 1 is 0.892 bits per heavy atom. The fraction of sp³-hybridized carbons (Fsp3) is 0.290. The van der Waals surface area contributed by atoms with Crippen LogP contribution in [0.1, 0.15) is 40.4 Å². The van der Waals surface area contributed by atoms with Gasteiger partial charge in [-0.15, -0.1) is 0 Å². The van der Waals surface area contributed by atoms with Crippen LogP contribution >= 0.6 is 0 Å². The van der Waals surface area contributed by atoms with Crippen molar-refractivity contribution in [3.63, 3.8) is 0 Å². The molecule has 6 heteroatoms. The maximum atomic E-state index is 14.0. The summed E-state index contributed by atoms with van der Waals surface area (Å²) >= 11 is 0. The van der Waals surface area contributed by atoms with E-state index in [1.165, 1.54) is 0 Å². The van der Waals surface area contributed by atoms with Gasteiger partial charge in [0.25, 0.3) is 0 Å². The number of amides is 1. The number of Topliss-reactive ketones (excluding diaryl/α,β-unsaturated/α-hetero) is 1. The maximum absolute atomic E-state index is 14.0.